The monoisotopic (exact) mass is 478 g/mol. The van der Waals surface area contributed by atoms with Gasteiger partial charge in [0, 0.05) is 19.6 Å². The summed E-state index contributed by atoms with van der Waals surface area (Å²) in [7, 11) is 0. The lowest BCUT2D eigenvalue weighted by molar-refractivity contribution is -0.137. The van der Waals surface area contributed by atoms with E-state index in [1.54, 1.807) is 22.6 Å². The molecule has 0 atom stereocenters. The molecular formula is C22H25F3N6OS. The number of alkyl halides is 3. The van der Waals surface area contributed by atoms with Crippen LogP contribution in [0, 0.1) is 0 Å². The van der Waals surface area contributed by atoms with E-state index in [1.807, 2.05) is 6.92 Å². The third-order valence-corrected chi connectivity index (χ3v) is 6.20. The van der Waals surface area contributed by atoms with Crippen molar-refractivity contribution in [2.75, 3.05) is 30.3 Å². The first kappa shape index (κ1) is 23.3. The van der Waals surface area contributed by atoms with Crippen LogP contribution in [-0.2, 0) is 12.7 Å². The topological polar surface area (TPSA) is 75.9 Å². The summed E-state index contributed by atoms with van der Waals surface area (Å²) in [4.78, 5) is 24.1. The first-order valence-corrected chi connectivity index (χ1v) is 11.9. The van der Waals surface area contributed by atoms with Gasteiger partial charge in [-0.3, -0.25) is 4.79 Å². The molecule has 1 aliphatic heterocycles. The molecule has 0 radical (unpaired) electrons. The molecule has 1 aliphatic rings. The van der Waals surface area contributed by atoms with E-state index in [0.29, 0.717) is 10.8 Å². The highest BCUT2D eigenvalue weighted by molar-refractivity contribution is 7.99. The van der Waals surface area contributed by atoms with Gasteiger partial charge < -0.3 is 10.2 Å². The zero-order valence-corrected chi connectivity index (χ0v) is 19.0. The Kier molecular flexibility index (Phi) is 7.06. The number of aromatic nitrogens is 4. The average molecular weight is 479 g/mol. The Balaban J connectivity index is 1.53. The Morgan fingerprint density at radius 1 is 1.15 bits per heavy atom. The molecule has 3 heterocycles. The molecule has 1 fully saturated rings. The maximum atomic E-state index is 13.2. The molecule has 11 heteroatoms. The number of anilines is 1. The summed E-state index contributed by atoms with van der Waals surface area (Å²) in [5, 5.41) is 8.50. The van der Waals surface area contributed by atoms with Gasteiger partial charge in [-0.05, 0) is 37.1 Å². The number of nitrogens with zero attached hydrogens (tertiary/aromatic N) is 5. The average Bonchev–Trinajstić information content (AvgIpc) is 3.21. The van der Waals surface area contributed by atoms with Crippen LogP contribution in [0.4, 0.5) is 19.0 Å². The molecule has 3 aromatic rings. The van der Waals surface area contributed by atoms with Crippen LogP contribution in [0.2, 0.25) is 0 Å². The molecule has 4 rings (SSSR count). The quantitative estimate of drug-likeness (QED) is 0.401. The van der Waals surface area contributed by atoms with Crippen molar-refractivity contribution < 1.29 is 18.0 Å². The van der Waals surface area contributed by atoms with Gasteiger partial charge in [0.25, 0.3) is 5.91 Å². The molecule has 1 amide bonds. The number of hydrogen-bond donors (Lipinski definition) is 1. The van der Waals surface area contributed by atoms with Crippen LogP contribution >= 0.6 is 11.8 Å². The standard InChI is InChI=1S/C22H25F3N6OS/c1-2-33-21-28-18(30-11-6-3-7-12-30)16-14-27-31(19(16)29-21)13-10-26-20(32)15-8-4-5-9-17(15)22(23,24)25/h4-5,8-9,14H,2-3,6-7,10-13H2,1H3,(H,26,32). The number of rotatable bonds is 7. The largest absolute Gasteiger partial charge is 0.417 e. The van der Waals surface area contributed by atoms with E-state index < -0.39 is 23.2 Å². The fourth-order valence-electron chi connectivity index (χ4n) is 3.92. The summed E-state index contributed by atoms with van der Waals surface area (Å²) < 4.78 is 41.3. The smallest absolute Gasteiger partial charge is 0.356 e. The maximum absolute atomic E-state index is 13.2. The second-order valence-corrected chi connectivity index (χ2v) is 8.95. The number of thioether (sulfide) groups is 1. The summed E-state index contributed by atoms with van der Waals surface area (Å²) in [5.74, 6) is 0.920. The predicted octanol–water partition coefficient (Wildman–Crippen LogP) is 4.38. The molecule has 0 bridgehead atoms. The lowest BCUT2D eigenvalue weighted by atomic mass is 10.1. The van der Waals surface area contributed by atoms with Crippen molar-refractivity contribution in [1.82, 2.24) is 25.1 Å². The molecule has 0 saturated carbocycles. The zero-order valence-electron chi connectivity index (χ0n) is 18.2. The molecule has 1 aromatic carbocycles. The van der Waals surface area contributed by atoms with E-state index in [9.17, 15) is 18.0 Å². The SMILES string of the molecule is CCSc1nc(N2CCCCC2)c2cnn(CCNC(=O)c3ccccc3C(F)(F)F)c2n1. The number of carbonyl (C=O) groups excluding carboxylic acids is 1. The zero-order chi connectivity index (χ0) is 23.4. The van der Waals surface area contributed by atoms with E-state index in [2.05, 4.69) is 20.3 Å². The number of benzene rings is 1. The molecule has 176 valence electrons. The van der Waals surface area contributed by atoms with Crippen LogP contribution in [0.1, 0.15) is 42.1 Å². The summed E-state index contributed by atoms with van der Waals surface area (Å²) in [6.45, 7) is 4.28. The Morgan fingerprint density at radius 3 is 2.64 bits per heavy atom. The van der Waals surface area contributed by atoms with E-state index >= 15 is 0 Å². The van der Waals surface area contributed by atoms with Crippen molar-refractivity contribution in [1.29, 1.82) is 0 Å². The van der Waals surface area contributed by atoms with Crippen LogP contribution in [0.25, 0.3) is 11.0 Å². The lowest BCUT2D eigenvalue weighted by Gasteiger charge is -2.28. The first-order chi connectivity index (χ1) is 15.9. The maximum Gasteiger partial charge on any atom is 0.417 e. The number of carbonyl (C=O) groups is 1. The van der Waals surface area contributed by atoms with Crippen molar-refractivity contribution in [2.24, 2.45) is 0 Å². The van der Waals surface area contributed by atoms with Crippen LogP contribution in [0.5, 0.6) is 0 Å². The van der Waals surface area contributed by atoms with Gasteiger partial charge in [0.1, 0.15) is 5.82 Å². The second-order valence-electron chi connectivity index (χ2n) is 7.71. The number of halogens is 3. The highest BCUT2D eigenvalue weighted by atomic mass is 32.2. The van der Waals surface area contributed by atoms with Gasteiger partial charge >= 0.3 is 6.18 Å². The van der Waals surface area contributed by atoms with E-state index in [4.69, 9.17) is 4.98 Å². The van der Waals surface area contributed by atoms with Gasteiger partial charge in [0.2, 0.25) is 0 Å². The Morgan fingerprint density at radius 2 is 1.91 bits per heavy atom. The van der Waals surface area contributed by atoms with Crippen LogP contribution in [0.3, 0.4) is 0 Å². The van der Waals surface area contributed by atoms with E-state index in [1.165, 1.54) is 24.6 Å². The van der Waals surface area contributed by atoms with Gasteiger partial charge in [-0.1, -0.05) is 30.8 Å². The summed E-state index contributed by atoms with van der Waals surface area (Å²) >= 11 is 1.54. The van der Waals surface area contributed by atoms with Crippen molar-refractivity contribution >= 4 is 34.5 Å². The van der Waals surface area contributed by atoms with Crippen LogP contribution < -0.4 is 10.2 Å². The molecule has 7 nitrogen and oxygen atoms in total. The summed E-state index contributed by atoms with van der Waals surface area (Å²) in [6, 6.07) is 4.76. The fourth-order valence-corrected chi connectivity index (χ4v) is 4.48. The predicted molar refractivity (Wildman–Crippen MR) is 122 cm³/mol. The summed E-state index contributed by atoms with van der Waals surface area (Å²) in [5.41, 5.74) is -0.690. The summed E-state index contributed by atoms with van der Waals surface area (Å²) in [6.07, 6.45) is 0.558. The Labute approximate surface area is 193 Å². The van der Waals surface area contributed by atoms with Gasteiger partial charge in [-0.25, -0.2) is 14.6 Å². The minimum absolute atomic E-state index is 0.112. The molecule has 33 heavy (non-hydrogen) atoms. The lowest BCUT2D eigenvalue weighted by Crippen LogP contribution is -2.30. The highest BCUT2D eigenvalue weighted by Gasteiger charge is 2.34. The number of fused-ring (bicyclic) bond motifs is 1. The third kappa shape index (κ3) is 5.23. The van der Waals surface area contributed by atoms with Gasteiger partial charge in [0.15, 0.2) is 10.8 Å². The molecule has 0 unspecified atom stereocenters. The normalized spacial score (nSPS) is 14.6. The van der Waals surface area contributed by atoms with Gasteiger partial charge in [-0.15, -0.1) is 0 Å². The molecule has 0 aliphatic carbocycles. The minimum atomic E-state index is -4.60. The van der Waals surface area contributed by atoms with Crippen LogP contribution in [0.15, 0.2) is 35.6 Å². The number of hydrogen-bond acceptors (Lipinski definition) is 6. The van der Waals surface area contributed by atoms with Gasteiger partial charge in [-0.2, -0.15) is 18.3 Å². The Bertz CT molecular complexity index is 1130. The van der Waals surface area contributed by atoms with E-state index in [-0.39, 0.29) is 13.1 Å². The molecular weight excluding hydrogens is 453 g/mol. The number of amides is 1. The second kappa shape index (κ2) is 9.98. The molecule has 0 spiro atoms. The van der Waals surface area contributed by atoms with Crippen molar-refractivity contribution in [2.45, 2.75) is 44.1 Å². The Hall–Kier alpha value is -2.82. The molecule has 1 saturated heterocycles. The fraction of sp³-hybridized carbons (Fsp3) is 0.455. The molecule has 1 N–H and O–H groups in total. The van der Waals surface area contributed by atoms with Gasteiger partial charge in [0.05, 0.1) is 29.3 Å². The van der Waals surface area contributed by atoms with Crippen molar-refractivity contribution in [3.8, 4) is 0 Å². The highest BCUT2D eigenvalue weighted by Crippen LogP contribution is 2.32. The first-order valence-electron chi connectivity index (χ1n) is 10.9. The van der Waals surface area contributed by atoms with Crippen LogP contribution in [-0.4, -0.2) is 51.0 Å². The number of piperidine rings is 1. The minimum Gasteiger partial charge on any atom is -0.356 e. The van der Waals surface area contributed by atoms with Crippen molar-refractivity contribution in [3.05, 3.63) is 41.6 Å². The molecule has 2 aromatic heterocycles. The van der Waals surface area contributed by atoms with E-state index in [0.717, 1.165) is 49.0 Å². The third-order valence-electron chi connectivity index (χ3n) is 5.47. The number of nitrogens with one attached hydrogen (secondary N) is 1. The van der Waals surface area contributed by atoms with Crippen molar-refractivity contribution in [3.63, 3.8) is 0 Å².